The molecular weight excluding hydrogens is 445 g/mol. The average molecular weight is 481 g/mol. The van der Waals surface area contributed by atoms with E-state index in [0.29, 0.717) is 37.4 Å². The van der Waals surface area contributed by atoms with Crippen molar-refractivity contribution in [3.63, 3.8) is 0 Å². The van der Waals surface area contributed by atoms with Crippen molar-refractivity contribution in [1.82, 2.24) is 0 Å². The fraction of sp³-hybridized carbons (Fsp3) is 0.889. The van der Waals surface area contributed by atoms with Crippen molar-refractivity contribution in [3.05, 3.63) is 11.1 Å². The quantitative estimate of drug-likeness (QED) is 0.121. The van der Waals surface area contributed by atoms with E-state index in [0.717, 1.165) is 11.1 Å². The zero-order chi connectivity index (χ0) is 21.5. The molecule has 0 heterocycles. The second-order valence-electron chi connectivity index (χ2n) is 6.00. The van der Waals surface area contributed by atoms with E-state index in [1.54, 1.807) is 27.7 Å². The first kappa shape index (κ1) is 28.6. The van der Waals surface area contributed by atoms with Gasteiger partial charge in [0.15, 0.2) is 0 Å². The zero-order valence-corrected chi connectivity index (χ0v) is 20.9. The SMILES string of the molecule is CCOP(=O)(C/C(CCCCl)=C(/CCCCl)CP(=O)(OCC)OCC)OCC. The highest BCUT2D eigenvalue weighted by Gasteiger charge is 2.30. The molecule has 0 saturated carbocycles. The minimum absolute atomic E-state index is 0.140. The molecule has 0 aromatic heterocycles. The lowest BCUT2D eigenvalue weighted by molar-refractivity contribution is 0.219. The van der Waals surface area contributed by atoms with E-state index >= 15 is 0 Å². The molecule has 0 spiro atoms. The van der Waals surface area contributed by atoms with E-state index in [1.807, 2.05) is 0 Å². The highest BCUT2D eigenvalue weighted by Crippen LogP contribution is 2.54. The van der Waals surface area contributed by atoms with Gasteiger partial charge in [-0.25, -0.2) is 0 Å². The standard InChI is InChI=1S/C18H36Cl2O6P2/c1-5-23-27(21,24-6-2)15-17(11-9-13-19)18(12-10-14-20)16-28(22,25-7-3)26-8-4/h5-16H2,1-4H3/b18-17-. The van der Waals surface area contributed by atoms with E-state index in [9.17, 15) is 9.13 Å². The van der Waals surface area contributed by atoms with E-state index < -0.39 is 15.2 Å². The monoisotopic (exact) mass is 480 g/mol. The van der Waals surface area contributed by atoms with Gasteiger partial charge in [-0.2, -0.15) is 0 Å². The summed E-state index contributed by atoms with van der Waals surface area (Å²) in [5.74, 6) is 0.933. The smallest absolute Gasteiger partial charge is 0.309 e. The molecule has 10 heteroatoms. The molecular formula is C18H36Cl2O6P2. The van der Waals surface area contributed by atoms with Crippen LogP contribution in [-0.2, 0) is 27.2 Å². The maximum absolute atomic E-state index is 13.1. The Bertz CT molecular complexity index is 476. The summed E-state index contributed by atoms with van der Waals surface area (Å²) in [7, 11) is -6.61. The second-order valence-corrected chi connectivity index (χ2v) is 10.9. The van der Waals surface area contributed by atoms with Crippen LogP contribution in [0.4, 0.5) is 0 Å². The van der Waals surface area contributed by atoms with Crippen LogP contribution >= 0.6 is 38.4 Å². The average Bonchev–Trinajstić information content (AvgIpc) is 2.63. The van der Waals surface area contributed by atoms with Crippen molar-refractivity contribution in [2.75, 3.05) is 50.5 Å². The maximum Gasteiger partial charge on any atom is 0.334 e. The van der Waals surface area contributed by atoms with Gasteiger partial charge in [-0.15, -0.1) is 23.2 Å². The summed E-state index contributed by atoms with van der Waals surface area (Å²) < 4.78 is 48.1. The van der Waals surface area contributed by atoms with Gasteiger partial charge in [0.2, 0.25) is 0 Å². The molecule has 0 aliphatic carbocycles. The molecule has 0 bridgehead atoms. The van der Waals surface area contributed by atoms with E-state index in [1.165, 1.54) is 0 Å². The molecule has 168 valence electrons. The summed E-state index contributed by atoms with van der Waals surface area (Å²) in [6.45, 7) is 8.25. The Kier molecular flexibility index (Phi) is 16.7. The summed E-state index contributed by atoms with van der Waals surface area (Å²) in [5, 5.41) is 0. The summed E-state index contributed by atoms with van der Waals surface area (Å²) >= 11 is 11.8. The Morgan fingerprint density at radius 2 is 0.929 bits per heavy atom. The normalized spacial score (nSPS) is 13.6. The summed E-state index contributed by atoms with van der Waals surface area (Å²) in [4.78, 5) is 0. The van der Waals surface area contributed by atoms with Crippen molar-refractivity contribution in [2.45, 2.75) is 53.4 Å². The Morgan fingerprint density at radius 3 is 1.14 bits per heavy atom. The van der Waals surface area contributed by atoms with Crippen LogP contribution in [0.1, 0.15) is 53.4 Å². The molecule has 0 unspecified atom stereocenters. The van der Waals surface area contributed by atoms with Gasteiger partial charge in [-0.3, -0.25) is 9.13 Å². The molecule has 0 saturated heterocycles. The van der Waals surface area contributed by atoms with E-state index in [4.69, 9.17) is 41.3 Å². The molecule has 0 fully saturated rings. The molecule has 0 radical (unpaired) electrons. The van der Waals surface area contributed by atoms with Crippen LogP contribution in [0, 0.1) is 0 Å². The van der Waals surface area contributed by atoms with Crippen LogP contribution in [0.3, 0.4) is 0 Å². The van der Waals surface area contributed by atoms with Crippen molar-refractivity contribution in [1.29, 1.82) is 0 Å². The van der Waals surface area contributed by atoms with Crippen molar-refractivity contribution in [3.8, 4) is 0 Å². The molecule has 0 aromatic rings. The fourth-order valence-electron chi connectivity index (χ4n) is 2.81. The Hall–Kier alpha value is 0.620. The molecule has 0 atom stereocenters. The predicted molar refractivity (Wildman–Crippen MR) is 118 cm³/mol. The van der Waals surface area contributed by atoms with Gasteiger partial charge in [-0.05, 0) is 53.4 Å². The third-order valence-electron chi connectivity index (χ3n) is 3.80. The van der Waals surface area contributed by atoms with Crippen LogP contribution in [-0.4, -0.2) is 50.5 Å². The van der Waals surface area contributed by atoms with Crippen molar-refractivity contribution in [2.24, 2.45) is 0 Å². The molecule has 0 aliphatic heterocycles. The van der Waals surface area contributed by atoms with Crippen LogP contribution in [0.25, 0.3) is 0 Å². The second kappa shape index (κ2) is 16.3. The molecule has 0 rings (SSSR count). The minimum Gasteiger partial charge on any atom is -0.309 e. The van der Waals surface area contributed by atoms with Crippen LogP contribution < -0.4 is 0 Å². The Labute approximate surface area is 180 Å². The topological polar surface area (TPSA) is 71.1 Å². The molecule has 28 heavy (non-hydrogen) atoms. The van der Waals surface area contributed by atoms with Crippen LogP contribution in [0.2, 0.25) is 0 Å². The van der Waals surface area contributed by atoms with Gasteiger partial charge < -0.3 is 18.1 Å². The van der Waals surface area contributed by atoms with Crippen LogP contribution in [0.15, 0.2) is 11.1 Å². The third kappa shape index (κ3) is 11.7. The lowest BCUT2D eigenvalue weighted by Crippen LogP contribution is -2.10. The molecule has 0 aromatic carbocycles. The first-order valence-electron chi connectivity index (χ1n) is 9.91. The lowest BCUT2D eigenvalue weighted by atomic mass is 10.0. The first-order chi connectivity index (χ1) is 13.3. The van der Waals surface area contributed by atoms with Crippen LogP contribution in [0.5, 0.6) is 0 Å². The zero-order valence-electron chi connectivity index (χ0n) is 17.6. The number of hydrogen-bond acceptors (Lipinski definition) is 6. The molecule has 0 amide bonds. The highest BCUT2D eigenvalue weighted by molar-refractivity contribution is 7.54. The number of alkyl halides is 2. The highest BCUT2D eigenvalue weighted by atomic mass is 35.5. The summed E-state index contributed by atoms with van der Waals surface area (Å²) in [6.07, 6.45) is 2.91. The molecule has 6 nitrogen and oxygen atoms in total. The van der Waals surface area contributed by atoms with Gasteiger partial charge in [0.05, 0.1) is 38.8 Å². The number of rotatable bonds is 18. The molecule has 0 N–H and O–H groups in total. The number of hydrogen-bond donors (Lipinski definition) is 0. The lowest BCUT2D eigenvalue weighted by Gasteiger charge is -2.24. The van der Waals surface area contributed by atoms with Gasteiger partial charge in [0.25, 0.3) is 0 Å². The number of halogens is 2. The first-order valence-corrected chi connectivity index (χ1v) is 14.4. The number of allylic oxidation sites excluding steroid dienone is 2. The largest absolute Gasteiger partial charge is 0.334 e. The maximum atomic E-state index is 13.1. The van der Waals surface area contributed by atoms with E-state index in [2.05, 4.69) is 0 Å². The molecule has 0 aliphatic rings. The summed E-state index contributed by atoms with van der Waals surface area (Å²) in [5.41, 5.74) is 1.77. The van der Waals surface area contributed by atoms with Gasteiger partial charge in [0.1, 0.15) is 0 Å². The third-order valence-corrected chi connectivity index (χ3v) is 8.48. The Morgan fingerprint density at radius 1 is 0.643 bits per heavy atom. The predicted octanol–water partition coefficient (Wildman–Crippen LogP) is 6.85. The Balaban J connectivity index is 5.98. The van der Waals surface area contributed by atoms with Gasteiger partial charge >= 0.3 is 15.2 Å². The van der Waals surface area contributed by atoms with Gasteiger partial charge in [0, 0.05) is 11.8 Å². The van der Waals surface area contributed by atoms with Crippen molar-refractivity contribution < 1.29 is 27.2 Å². The van der Waals surface area contributed by atoms with E-state index in [-0.39, 0.29) is 38.8 Å². The minimum atomic E-state index is -3.30. The van der Waals surface area contributed by atoms with Crippen molar-refractivity contribution >= 4 is 38.4 Å². The van der Waals surface area contributed by atoms with Gasteiger partial charge in [-0.1, -0.05) is 11.1 Å². The fourth-order valence-corrected chi connectivity index (χ4v) is 6.86. The summed E-state index contributed by atoms with van der Waals surface area (Å²) in [6, 6.07) is 0.